The van der Waals surface area contributed by atoms with Gasteiger partial charge in [0.05, 0.1) is 6.10 Å². The first-order chi connectivity index (χ1) is 10.1. The molecule has 5 heteroatoms. The topological polar surface area (TPSA) is 61.3 Å². The fourth-order valence-corrected chi connectivity index (χ4v) is 2.89. The van der Waals surface area contributed by atoms with E-state index in [0.717, 1.165) is 57.0 Å². The molecule has 0 radical (unpaired) electrons. The predicted molar refractivity (Wildman–Crippen MR) is 84.2 cm³/mol. The lowest BCUT2D eigenvalue weighted by Crippen LogP contribution is -2.37. The zero-order valence-electron chi connectivity index (χ0n) is 13.5. The van der Waals surface area contributed by atoms with Crippen LogP contribution in [-0.4, -0.2) is 52.3 Å². The summed E-state index contributed by atoms with van der Waals surface area (Å²) < 4.78 is 0. The van der Waals surface area contributed by atoms with Crippen molar-refractivity contribution in [1.82, 2.24) is 20.2 Å². The van der Waals surface area contributed by atoms with E-state index in [-0.39, 0.29) is 12.1 Å². The van der Waals surface area contributed by atoms with Gasteiger partial charge in [-0.3, -0.25) is 0 Å². The van der Waals surface area contributed by atoms with Gasteiger partial charge >= 0.3 is 0 Å². The molecule has 1 aliphatic rings. The highest BCUT2D eigenvalue weighted by atomic mass is 16.3. The average molecular weight is 292 g/mol. The number of hydrogen-bond acceptors (Lipinski definition) is 5. The van der Waals surface area contributed by atoms with Crippen molar-refractivity contribution in [3.05, 3.63) is 23.3 Å². The number of aryl methyl sites for hydroxylation is 2. The number of rotatable bonds is 6. The summed E-state index contributed by atoms with van der Waals surface area (Å²) in [4.78, 5) is 11.2. The van der Waals surface area contributed by atoms with Gasteiger partial charge in [0.25, 0.3) is 0 Å². The largest absolute Gasteiger partial charge is 0.393 e. The van der Waals surface area contributed by atoms with E-state index in [1.54, 1.807) is 0 Å². The minimum absolute atomic E-state index is 0.0797. The molecule has 0 spiro atoms. The number of nitrogens with zero attached hydrogens (tertiary/aromatic N) is 3. The maximum Gasteiger partial charge on any atom is 0.125 e. The van der Waals surface area contributed by atoms with Crippen molar-refractivity contribution in [1.29, 1.82) is 0 Å². The minimum Gasteiger partial charge on any atom is -0.393 e. The molecule has 1 aromatic rings. The van der Waals surface area contributed by atoms with Crippen molar-refractivity contribution < 1.29 is 5.11 Å². The highest BCUT2D eigenvalue weighted by Gasteiger charge is 2.16. The minimum atomic E-state index is -0.0797. The van der Waals surface area contributed by atoms with Gasteiger partial charge in [0.15, 0.2) is 0 Å². The van der Waals surface area contributed by atoms with Crippen molar-refractivity contribution in [2.24, 2.45) is 0 Å². The Balaban J connectivity index is 1.68. The molecular weight excluding hydrogens is 264 g/mol. The molecule has 1 fully saturated rings. The Morgan fingerprint density at radius 1 is 1.38 bits per heavy atom. The summed E-state index contributed by atoms with van der Waals surface area (Å²) in [5.74, 6) is 0.829. The molecule has 1 atom stereocenters. The normalized spacial score (nSPS) is 18.9. The van der Waals surface area contributed by atoms with Gasteiger partial charge in [-0.15, -0.1) is 0 Å². The molecule has 0 bridgehead atoms. The maximum absolute atomic E-state index is 9.49. The van der Waals surface area contributed by atoms with Gasteiger partial charge < -0.3 is 15.3 Å². The van der Waals surface area contributed by atoms with Crippen LogP contribution in [0.2, 0.25) is 0 Å². The molecule has 1 aliphatic heterocycles. The van der Waals surface area contributed by atoms with Gasteiger partial charge in [-0.1, -0.05) is 0 Å². The first-order valence-corrected chi connectivity index (χ1v) is 8.00. The molecule has 118 valence electrons. The molecule has 1 unspecified atom stereocenters. The second-order valence-corrected chi connectivity index (χ2v) is 6.06. The van der Waals surface area contributed by atoms with Crippen molar-refractivity contribution >= 4 is 0 Å². The molecule has 5 nitrogen and oxygen atoms in total. The number of nitrogens with one attached hydrogen (secondary N) is 1. The van der Waals surface area contributed by atoms with E-state index in [4.69, 9.17) is 0 Å². The lowest BCUT2D eigenvalue weighted by Gasteiger charge is -2.29. The lowest BCUT2D eigenvalue weighted by molar-refractivity contribution is 0.0820. The Labute approximate surface area is 127 Å². The van der Waals surface area contributed by atoms with Gasteiger partial charge in [0.1, 0.15) is 5.82 Å². The van der Waals surface area contributed by atoms with Gasteiger partial charge in [0, 0.05) is 36.6 Å². The number of aromatic nitrogens is 2. The van der Waals surface area contributed by atoms with Crippen LogP contribution in [0.25, 0.3) is 0 Å². The van der Waals surface area contributed by atoms with Gasteiger partial charge in [0.2, 0.25) is 0 Å². The molecular formula is C16H28N4O. The molecule has 0 aromatic carbocycles. The van der Waals surface area contributed by atoms with Crippen LogP contribution in [0, 0.1) is 13.8 Å². The summed E-state index contributed by atoms with van der Waals surface area (Å²) in [6, 6.07) is 0.286. The number of hydrogen-bond donors (Lipinski definition) is 2. The summed E-state index contributed by atoms with van der Waals surface area (Å²) in [5.41, 5.74) is 2.24. The van der Waals surface area contributed by atoms with E-state index in [2.05, 4.69) is 27.1 Å². The predicted octanol–water partition coefficient (Wildman–Crippen LogP) is 1.59. The molecule has 2 rings (SSSR count). The van der Waals surface area contributed by atoms with E-state index in [0.29, 0.717) is 0 Å². The second-order valence-electron chi connectivity index (χ2n) is 6.06. The maximum atomic E-state index is 9.49. The molecule has 0 amide bonds. The fourth-order valence-electron chi connectivity index (χ4n) is 2.89. The highest BCUT2D eigenvalue weighted by molar-refractivity contribution is 5.19. The van der Waals surface area contributed by atoms with E-state index >= 15 is 0 Å². The van der Waals surface area contributed by atoms with Crippen molar-refractivity contribution in [3.8, 4) is 0 Å². The third-order valence-corrected chi connectivity index (χ3v) is 4.26. The van der Waals surface area contributed by atoms with Crippen molar-refractivity contribution in [2.45, 2.75) is 52.2 Å². The van der Waals surface area contributed by atoms with Crippen LogP contribution >= 0.6 is 0 Å². The van der Waals surface area contributed by atoms with Gasteiger partial charge in [-0.05, 0) is 53.1 Å². The van der Waals surface area contributed by atoms with E-state index in [9.17, 15) is 5.11 Å². The molecule has 1 saturated heterocycles. The second kappa shape index (κ2) is 7.82. The zero-order valence-corrected chi connectivity index (χ0v) is 13.5. The van der Waals surface area contributed by atoms with Crippen LogP contribution < -0.4 is 5.32 Å². The van der Waals surface area contributed by atoms with Crippen LogP contribution in [0.3, 0.4) is 0 Å². The average Bonchev–Trinajstić information content (AvgIpc) is 2.45. The Kier molecular flexibility index (Phi) is 6.08. The van der Waals surface area contributed by atoms with Crippen LogP contribution in [0.15, 0.2) is 6.20 Å². The molecule has 21 heavy (non-hydrogen) atoms. The summed E-state index contributed by atoms with van der Waals surface area (Å²) in [6.07, 6.45) is 4.82. The third kappa shape index (κ3) is 5.02. The summed E-state index contributed by atoms with van der Waals surface area (Å²) >= 11 is 0. The number of likely N-dealkylation sites (tertiary alicyclic amines) is 1. The van der Waals surface area contributed by atoms with Gasteiger partial charge in [-0.2, -0.15) is 0 Å². The highest BCUT2D eigenvalue weighted by Crippen LogP contribution is 2.14. The zero-order chi connectivity index (χ0) is 15.2. The molecule has 1 aromatic heterocycles. The van der Waals surface area contributed by atoms with Gasteiger partial charge in [-0.25, -0.2) is 9.97 Å². The third-order valence-electron chi connectivity index (χ3n) is 4.26. The molecule has 0 saturated carbocycles. The fraction of sp³-hybridized carbons (Fsp3) is 0.750. The van der Waals surface area contributed by atoms with Crippen molar-refractivity contribution in [3.63, 3.8) is 0 Å². The van der Waals surface area contributed by atoms with Crippen LogP contribution in [0.1, 0.15) is 49.3 Å². The summed E-state index contributed by atoms with van der Waals surface area (Å²) in [5, 5.41) is 13.0. The van der Waals surface area contributed by atoms with Crippen molar-refractivity contribution in [2.75, 3.05) is 26.2 Å². The quantitative estimate of drug-likeness (QED) is 0.780. The summed E-state index contributed by atoms with van der Waals surface area (Å²) in [6.45, 7) is 10.3. The number of aliphatic hydroxyl groups is 1. The Morgan fingerprint density at radius 2 is 2.10 bits per heavy atom. The number of aliphatic hydroxyl groups excluding tert-OH is 1. The molecule has 2 heterocycles. The van der Waals surface area contributed by atoms with E-state index in [1.807, 2.05) is 20.0 Å². The first-order valence-electron chi connectivity index (χ1n) is 8.00. The van der Waals surface area contributed by atoms with E-state index < -0.39 is 0 Å². The van der Waals surface area contributed by atoms with E-state index in [1.165, 1.54) is 5.56 Å². The van der Waals surface area contributed by atoms with Crippen LogP contribution in [0.4, 0.5) is 0 Å². The molecule has 0 aliphatic carbocycles. The SMILES string of the molecule is Cc1ncc(C(C)NCCCN2CCC(O)CC2)c(C)n1. The van der Waals surface area contributed by atoms with Crippen LogP contribution in [-0.2, 0) is 0 Å². The smallest absolute Gasteiger partial charge is 0.125 e. The summed E-state index contributed by atoms with van der Waals surface area (Å²) in [7, 11) is 0. The monoisotopic (exact) mass is 292 g/mol. The molecule has 2 N–H and O–H groups in total. The Morgan fingerprint density at radius 3 is 2.76 bits per heavy atom. The Bertz CT molecular complexity index is 444. The Hall–Kier alpha value is -1.04. The van der Waals surface area contributed by atoms with Crippen LogP contribution in [0.5, 0.6) is 0 Å². The first kappa shape index (κ1) is 16.3. The number of piperidine rings is 1. The standard InChI is InChI=1S/C16H28N4O/c1-12(16-11-18-14(3)19-13(16)2)17-7-4-8-20-9-5-15(21)6-10-20/h11-12,15,17,21H,4-10H2,1-3H3. The lowest BCUT2D eigenvalue weighted by atomic mass is 10.1.